The van der Waals surface area contributed by atoms with Gasteiger partial charge in [-0.25, -0.2) is 4.79 Å². The smallest absolute Gasteiger partial charge is 0.326 e. The fourth-order valence-electron chi connectivity index (χ4n) is 1.75. The summed E-state index contributed by atoms with van der Waals surface area (Å²) in [6.45, 7) is 1.25. The summed E-state index contributed by atoms with van der Waals surface area (Å²) in [6, 6.07) is -0.987. The topological polar surface area (TPSA) is 98.7 Å². The fourth-order valence-corrected chi connectivity index (χ4v) is 1.75. The van der Waals surface area contributed by atoms with Crippen LogP contribution in [0.2, 0.25) is 0 Å². The Bertz CT molecular complexity index is 251. The van der Waals surface area contributed by atoms with Crippen LogP contribution < -0.4 is 10.6 Å². The van der Waals surface area contributed by atoms with E-state index in [1.165, 1.54) is 0 Å². The fraction of sp³-hybridized carbons (Fsp3) is 0.800. The quantitative estimate of drug-likeness (QED) is 0.482. The Morgan fingerprint density at radius 3 is 2.75 bits per heavy atom. The minimum atomic E-state index is -1.11. The molecule has 0 unspecified atom stereocenters. The Balaban J connectivity index is 2.43. The first-order chi connectivity index (χ1) is 7.65. The van der Waals surface area contributed by atoms with Crippen LogP contribution in [-0.4, -0.2) is 47.8 Å². The molecule has 1 amide bonds. The van der Waals surface area contributed by atoms with Gasteiger partial charge < -0.3 is 20.8 Å². The van der Waals surface area contributed by atoms with Crippen LogP contribution in [-0.2, 0) is 9.59 Å². The minimum Gasteiger partial charge on any atom is -0.480 e. The van der Waals surface area contributed by atoms with Gasteiger partial charge in [-0.2, -0.15) is 0 Å². The van der Waals surface area contributed by atoms with Crippen molar-refractivity contribution in [2.24, 2.45) is 5.92 Å². The van der Waals surface area contributed by atoms with E-state index in [9.17, 15) is 9.59 Å². The molecule has 1 rings (SSSR count). The highest BCUT2D eigenvalue weighted by Crippen LogP contribution is 2.10. The number of amides is 1. The lowest BCUT2D eigenvalue weighted by atomic mass is 9.98. The summed E-state index contributed by atoms with van der Waals surface area (Å²) in [5, 5.41) is 23.0. The summed E-state index contributed by atoms with van der Waals surface area (Å²) >= 11 is 0. The van der Waals surface area contributed by atoms with Crippen molar-refractivity contribution in [3.05, 3.63) is 0 Å². The first-order valence-corrected chi connectivity index (χ1v) is 5.50. The minimum absolute atomic E-state index is 0.0429. The lowest BCUT2D eigenvalue weighted by molar-refractivity contribution is -0.143. The summed E-state index contributed by atoms with van der Waals surface area (Å²) in [6.07, 6.45) is 1.75. The van der Waals surface area contributed by atoms with E-state index in [4.69, 9.17) is 10.2 Å². The number of aliphatic hydroxyl groups is 1. The highest BCUT2D eigenvalue weighted by atomic mass is 16.4. The number of hydrogen-bond donors (Lipinski definition) is 4. The van der Waals surface area contributed by atoms with Crippen LogP contribution >= 0.6 is 0 Å². The summed E-state index contributed by atoms with van der Waals surface area (Å²) < 4.78 is 0. The van der Waals surface area contributed by atoms with E-state index in [1.54, 1.807) is 0 Å². The van der Waals surface area contributed by atoms with Gasteiger partial charge in [0.25, 0.3) is 0 Å². The molecule has 1 aliphatic heterocycles. The van der Waals surface area contributed by atoms with Crippen LogP contribution in [0.1, 0.15) is 19.3 Å². The highest BCUT2D eigenvalue weighted by Gasteiger charge is 2.25. The lowest BCUT2D eigenvalue weighted by Gasteiger charge is -2.23. The van der Waals surface area contributed by atoms with Crippen molar-refractivity contribution < 1.29 is 19.8 Å². The van der Waals surface area contributed by atoms with E-state index >= 15 is 0 Å². The number of nitrogens with one attached hydrogen (secondary N) is 2. The number of carbonyl (C=O) groups excluding carboxylic acids is 1. The molecule has 1 aliphatic rings. The molecular formula is C10H18N2O4. The number of hydrogen-bond acceptors (Lipinski definition) is 4. The zero-order valence-corrected chi connectivity index (χ0v) is 9.11. The largest absolute Gasteiger partial charge is 0.480 e. The first kappa shape index (κ1) is 12.9. The van der Waals surface area contributed by atoms with Crippen molar-refractivity contribution in [3.8, 4) is 0 Å². The van der Waals surface area contributed by atoms with Crippen molar-refractivity contribution in [2.75, 3.05) is 19.7 Å². The van der Waals surface area contributed by atoms with Gasteiger partial charge in [0.1, 0.15) is 6.04 Å². The van der Waals surface area contributed by atoms with Gasteiger partial charge in [0, 0.05) is 19.6 Å². The molecule has 0 aromatic carbocycles. The third-order valence-electron chi connectivity index (χ3n) is 2.70. The molecule has 0 aromatic heterocycles. The van der Waals surface area contributed by atoms with Crippen LogP contribution in [0.25, 0.3) is 0 Å². The maximum Gasteiger partial charge on any atom is 0.326 e. The van der Waals surface area contributed by atoms with Crippen LogP contribution in [0.4, 0.5) is 0 Å². The molecule has 92 valence electrons. The number of rotatable bonds is 5. The molecule has 1 fully saturated rings. The molecule has 16 heavy (non-hydrogen) atoms. The van der Waals surface area contributed by atoms with Gasteiger partial charge in [-0.05, 0) is 19.4 Å². The second kappa shape index (κ2) is 6.44. The number of carbonyl (C=O) groups is 2. The zero-order chi connectivity index (χ0) is 12.0. The van der Waals surface area contributed by atoms with Crippen molar-refractivity contribution in [3.63, 3.8) is 0 Å². The molecule has 0 spiro atoms. The Kier molecular flexibility index (Phi) is 5.21. The molecule has 0 bridgehead atoms. The Morgan fingerprint density at radius 2 is 2.25 bits per heavy atom. The number of carboxylic acids is 1. The van der Waals surface area contributed by atoms with Crippen molar-refractivity contribution >= 4 is 11.9 Å². The Hall–Kier alpha value is -1.14. The first-order valence-electron chi connectivity index (χ1n) is 5.50. The van der Waals surface area contributed by atoms with Crippen LogP contribution in [0.5, 0.6) is 0 Å². The molecule has 0 aliphatic carbocycles. The van der Waals surface area contributed by atoms with E-state index in [2.05, 4.69) is 10.6 Å². The molecule has 1 heterocycles. The predicted octanol–water partition coefficient (Wildman–Crippen LogP) is -1.06. The number of aliphatic hydroxyl groups excluding tert-OH is 1. The Labute approximate surface area is 94.0 Å². The molecule has 0 saturated carbocycles. The summed E-state index contributed by atoms with van der Waals surface area (Å²) in [7, 11) is 0. The Morgan fingerprint density at radius 1 is 1.50 bits per heavy atom. The van der Waals surface area contributed by atoms with Crippen molar-refractivity contribution in [2.45, 2.75) is 25.3 Å². The molecular weight excluding hydrogens is 212 g/mol. The van der Waals surface area contributed by atoms with Gasteiger partial charge in [-0.3, -0.25) is 4.79 Å². The van der Waals surface area contributed by atoms with E-state index in [0.29, 0.717) is 6.54 Å². The predicted molar refractivity (Wildman–Crippen MR) is 56.9 cm³/mol. The average molecular weight is 230 g/mol. The molecule has 6 nitrogen and oxygen atoms in total. The normalized spacial score (nSPS) is 22.4. The van der Waals surface area contributed by atoms with E-state index in [-0.39, 0.29) is 24.9 Å². The highest BCUT2D eigenvalue weighted by molar-refractivity contribution is 5.85. The molecule has 4 N–H and O–H groups in total. The monoisotopic (exact) mass is 230 g/mol. The average Bonchev–Trinajstić information content (AvgIpc) is 2.29. The third kappa shape index (κ3) is 3.79. The van der Waals surface area contributed by atoms with Gasteiger partial charge >= 0.3 is 5.97 Å². The lowest BCUT2D eigenvalue weighted by Crippen LogP contribution is -2.47. The van der Waals surface area contributed by atoms with Gasteiger partial charge in [-0.1, -0.05) is 0 Å². The molecule has 2 atom stereocenters. The number of aliphatic carboxylic acids is 1. The van der Waals surface area contributed by atoms with E-state index in [1.807, 2.05) is 0 Å². The third-order valence-corrected chi connectivity index (χ3v) is 2.70. The van der Waals surface area contributed by atoms with Gasteiger partial charge in [0.05, 0.1) is 5.92 Å². The SMILES string of the molecule is O=C(N[C@H](CCO)C(=O)O)[C@H]1CCCNC1. The summed E-state index contributed by atoms with van der Waals surface area (Å²) in [4.78, 5) is 22.5. The van der Waals surface area contributed by atoms with Gasteiger partial charge in [-0.15, -0.1) is 0 Å². The van der Waals surface area contributed by atoms with E-state index < -0.39 is 12.0 Å². The standard InChI is InChI=1S/C10H18N2O4/c13-5-3-8(10(15)16)12-9(14)7-2-1-4-11-6-7/h7-8,11,13H,1-6H2,(H,12,14)(H,15,16)/t7-,8+/m0/s1. The molecule has 0 radical (unpaired) electrons. The molecule has 6 heteroatoms. The maximum absolute atomic E-state index is 11.7. The van der Waals surface area contributed by atoms with Crippen LogP contribution in [0.15, 0.2) is 0 Å². The van der Waals surface area contributed by atoms with Crippen LogP contribution in [0, 0.1) is 5.92 Å². The van der Waals surface area contributed by atoms with Gasteiger partial charge in [0.2, 0.25) is 5.91 Å². The summed E-state index contributed by atoms with van der Waals surface area (Å²) in [5.74, 6) is -1.51. The van der Waals surface area contributed by atoms with Crippen LogP contribution in [0.3, 0.4) is 0 Å². The van der Waals surface area contributed by atoms with Crippen molar-refractivity contribution in [1.82, 2.24) is 10.6 Å². The molecule has 0 aromatic rings. The summed E-state index contributed by atoms with van der Waals surface area (Å²) in [5.41, 5.74) is 0. The number of piperidine rings is 1. The van der Waals surface area contributed by atoms with Crippen molar-refractivity contribution in [1.29, 1.82) is 0 Å². The zero-order valence-electron chi connectivity index (χ0n) is 9.11. The number of carboxylic acid groups (broad SMARTS) is 1. The second-order valence-corrected chi connectivity index (χ2v) is 3.95. The van der Waals surface area contributed by atoms with Gasteiger partial charge in [0.15, 0.2) is 0 Å². The second-order valence-electron chi connectivity index (χ2n) is 3.95. The molecule has 1 saturated heterocycles. The van der Waals surface area contributed by atoms with E-state index in [0.717, 1.165) is 19.4 Å². The maximum atomic E-state index is 11.7.